The molecule has 1 aliphatic heterocycles. The lowest BCUT2D eigenvalue weighted by atomic mass is 9.93. The number of aromatic nitrogens is 2. The maximum absolute atomic E-state index is 12.0. The summed E-state index contributed by atoms with van der Waals surface area (Å²) in [5.74, 6) is -0.185. The van der Waals surface area contributed by atoms with Crippen molar-refractivity contribution in [1.29, 1.82) is 0 Å². The number of carbonyl (C=O) groups is 2. The van der Waals surface area contributed by atoms with Crippen LogP contribution in [0.4, 0.5) is 0 Å². The predicted octanol–water partition coefficient (Wildman–Crippen LogP) is 2.35. The van der Waals surface area contributed by atoms with Gasteiger partial charge in [-0.3, -0.25) is 14.7 Å². The molecule has 1 aromatic heterocycles. The summed E-state index contributed by atoms with van der Waals surface area (Å²) < 4.78 is 4.77. The molecule has 0 bridgehead atoms. The molecule has 2 aromatic rings. The molecule has 6 heteroatoms. The number of nitrogens with one attached hydrogen (secondary N) is 1. The lowest BCUT2D eigenvalue weighted by Crippen LogP contribution is -2.40. The highest BCUT2D eigenvalue weighted by Crippen LogP contribution is 2.29. The molecule has 0 spiro atoms. The fourth-order valence-electron chi connectivity index (χ4n) is 3.00. The number of H-pyrrole nitrogens is 1. The number of benzene rings is 1. The van der Waals surface area contributed by atoms with Gasteiger partial charge in [-0.15, -0.1) is 0 Å². The first-order valence-electron chi connectivity index (χ1n) is 8.15. The highest BCUT2D eigenvalue weighted by atomic mass is 16.5. The number of carbonyl (C=O) groups excluding carboxylic acids is 2. The van der Waals surface area contributed by atoms with Gasteiger partial charge in [0, 0.05) is 37.2 Å². The van der Waals surface area contributed by atoms with Crippen LogP contribution < -0.4 is 0 Å². The molecule has 2 heterocycles. The molecule has 3 rings (SSSR count). The lowest BCUT2D eigenvalue weighted by molar-refractivity contribution is -0.150. The Balaban J connectivity index is 1.56. The maximum Gasteiger partial charge on any atom is 0.303 e. The molecule has 1 saturated heterocycles. The molecule has 24 heavy (non-hydrogen) atoms. The first-order valence-corrected chi connectivity index (χ1v) is 8.15. The Kier molecular flexibility index (Phi) is 4.93. The van der Waals surface area contributed by atoms with Crippen LogP contribution in [0.15, 0.2) is 36.4 Å². The topological polar surface area (TPSA) is 75.3 Å². The fraction of sp³-hybridized carbons (Fsp3) is 0.389. The summed E-state index contributed by atoms with van der Waals surface area (Å²) in [7, 11) is 0. The summed E-state index contributed by atoms with van der Waals surface area (Å²) in [6, 6.07) is 12.1. The Labute approximate surface area is 140 Å². The summed E-state index contributed by atoms with van der Waals surface area (Å²) in [6.07, 6.45) is 1.75. The Hall–Kier alpha value is -2.63. The maximum atomic E-state index is 12.0. The molecule has 0 radical (unpaired) electrons. The minimum absolute atomic E-state index is 0.127. The van der Waals surface area contributed by atoms with Crippen molar-refractivity contribution in [3.05, 3.63) is 42.1 Å². The molecular weight excluding hydrogens is 306 g/mol. The van der Waals surface area contributed by atoms with Gasteiger partial charge in [-0.25, -0.2) is 0 Å². The van der Waals surface area contributed by atoms with Gasteiger partial charge >= 0.3 is 5.97 Å². The normalized spacial score (nSPS) is 15.3. The lowest BCUT2D eigenvalue weighted by Gasteiger charge is -2.31. The zero-order valence-corrected chi connectivity index (χ0v) is 13.7. The van der Waals surface area contributed by atoms with E-state index < -0.39 is 5.97 Å². The van der Waals surface area contributed by atoms with Gasteiger partial charge in [-0.05, 0) is 18.9 Å². The van der Waals surface area contributed by atoms with Crippen LogP contribution in [0.5, 0.6) is 0 Å². The van der Waals surface area contributed by atoms with E-state index in [0.717, 1.165) is 29.8 Å². The van der Waals surface area contributed by atoms with Crippen molar-refractivity contribution < 1.29 is 14.3 Å². The summed E-state index contributed by atoms with van der Waals surface area (Å²) in [5, 5.41) is 7.54. The Morgan fingerprint density at radius 2 is 1.96 bits per heavy atom. The SMILES string of the molecule is CC(=O)OCC(=O)N1CCC(c2cc(-c3ccccc3)n[nH]2)CC1. The van der Waals surface area contributed by atoms with Gasteiger partial charge in [0.15, 0.2) is 6.61 Å². The van der Waals surface area contributed by atoms with E-state index in [4.69, 9.17) is 4.74 Å². The summed E-state index contributed by atoms with van der Waals surface area (Å²) in [4.78, 5) is 24.5. The van der Waals surface area contributed by atoms with Crippen molar-refractivity contribution in [2.45, 2.75) is 25.7 Å². The van der Waals surface area contributed by atoms with Crippen LogP contribution in [0.1, 0.15) is 31.4 Å². The van der Waals surface area contributed by atoms with Gasteiger partial charge in [0.1, 0.15) is 0 Å². The zero-order chi connectivity index (χ0) is 16.9. The minimum atomic E-state index is -0.427. The van der Waals surface area contributed by atoms with Crippen molar-refractivity contribution in [1.82, 2.24) is 15.1 Å². The zero-order valence-electron chi connectivity index (χ0n) is 13.7. The highest BCUT2D eigenvalue weighted by Gasteiger charge is 2.25. The van der Waals surface area contributed by atoms with Gasteiger partial charge in [-0.2, -0.15) is 5.10 Å². The Morgan fingerprint density at radius 1 is 1.25 bits per heavy atom. The van der Waals surface area contributed by atoms with Gasteiger partial charge in [0.2, 0.25) is 0 Å². The van der Waals surface area contributed by atoms with E-state index >= 15 is 0 Å². The Morgan fingerprint density at radius 3 is 2.62 bits per heavy atom. The number of nitrogens with zero attached hydrogens (tertiary/aromatic N) is 2. The van der Waals surface area contributed by atoms with Gasteiger partial charge < -0.3 is 9.64 Å². The second-order valence-corrected chi connectivity index (χ2v) is 6.01. The van der Waals surface area contributed by atoms with E-state index in [9.17, 15) is 9.59 Å². The molecule has 1 amide bonds. The van der Waals surface area contributed by atoms with E-state index in [1.54, 1.807) is 4.90 Å². The number of hydrogen-bond donors (Lipinski definition) is 1. The van der Waals surface area contributed by atoms with Crippen LogP contribution in [0, 0.1) is 0 Å². The molecular formula is C18H21N3O3. The monoisotopic (exact) mass is 327 g/mol. The minimum Gasteiger partial charge on any atom is -0.456 e. The largest absolute Gasteiger partial charge is 0.456 e. The number of hydrogen-bond acceptors (Lipinski definition) is 4. The quantitative estimate of drug-likeness (QED) is 0.875. The third kappa shape index (κ3) is 3.82. The highest BCUT2D eigenvalue weighted by molar-refractivity contribution is 5.80. The van der Waals surface area contributed by atoms with Crippen LogP contribution in [0.2, 0.25) is 0 Å². The predicted molar refractivity (Wildman–Crippen MR) is 89.2 cm³/mol. The number of aromatic amines is 1. The van der Waals surface area contributed by atoms with E-state index in [2.05, 4.69) is 16.3 Å². The molecule has 0 atom stereocenters. The van der Waals surface area contributed by atoms with Crippen LogP contribution in [-0.2, 0) is 14.3 Å². The van der Waals surface area contributed by atoms with Crippen LogP contribution >= 0.6 is 0 Å². The second-order valence-electron chi connectivity index (χ2n) is 6.01. The number of likely N-dealkylation sites (tertiary alicyclic amines) is 1. The molecule has 1 fully saturated rings. The van der Waals surface area contributed by atoms with Crippen molar-refractivity contribution in [2.24, 2.45) is 0 Å². The molecule has 0 unspecified atom stereocenters. The molecule has 0 aliphatic carbocycles. The number of rotatable bonds is 4. The van der Waals surface area contributed by atoms with E-state index in [-0.39, 0.29) is 12.5 Å². The van der Waals surface area contributed by atoms with E-state index in [1.807, 2.05) is 30.3 Å². The Bertz CT molecular complexity index is 703. The summed E-state index contributed by atoms with van der Waals surface area (Å²) >= 11 is 0. The van der Waals surface area contributed by atoms with Crippen LogP contribution in [0.3, 0.4) is 0 Å². The standard InChI is InChI=1S/C18H21N3O3/c1-13(22)24-12-18(23)21-9-7-15(8-10-21)17-11-16(19-20-17)14-5-3-2-4-6-14/h2-6,11,15H,7-10,12H2,1H3,(H,19,20). The first kappa shape index (κ1) is 16.2. The average molecular weight is 327 g/mol. The first-order chi connectivity index (χ1) is 11.6. The van der Waals surface area contributed by atoms with E-state index in [0.29, 0.717) is 19.0 Å². The number of amides is 1. The summed E-state index contributed by atoms with van der Waals surface area (Å²) in [6.45, 7) is 2.49. The molecule has 1 N–H and O–H groups in total. The van der Waals surface area contributed by atoms with Crippen molar-refractivity contribution >= 4 is 11.9 Å². The molecule has 126 valence electrons. The van der Waals surface area contributed by atoms with Crippen molar-refractivity contribution in [3.8, 4) is 11.3 Å². The fourth-order valence-corrected chi connectivity index (χ4v) is 3.00. The second kappa shape index (κ2) is 7.29. The molecule has 0 saturated carbocycles. The van der Waals surface area contributed by atoms with Crippen LogP contribution in [0.25, 0.3) is 11.3 Å². The number of esters is 1. The molecule has 1 aromatic carbocycles. The van der Waals surface area contributed by atoms with Gasteiger partial charge in [0.05, 0.1) is 5.69 Å². The smallest absolute Gasteiger partial charge is 0.303 e. The van der Waals surface area contributed by atoms with Crippen molar-refractivity contribution in [2.75, 3.05) is 19.7 Å². The van der Waals surface area contributed by atoms with Crippen LogP contribution in [-0.4, -0.2) is 46.7 Å². The van der Waals surface area contributed by atoms with E-state index in [1.165, 1.54) is 6.92 Å². The number of piperidine rings is 1. The third-order valence-corrected chi connectivity index (χ3v) is 4.35. The average Bonchev–Trinajstić information content (AvgIpc) is 3.10. The number of ether oxygens (including phenoxy) is 1. The third-order valence-electron chi connectivity index (χ3n) is 4.35. The molecule has 1 aliphatic rings. The van der Waals surface area contributed by atoms with Crippen molar-refractivity contribution in [3.63, 3.8) is 0 Å². The molecule has 6 nitrogen and oxygen atoms in total. The summed E-state index contributed by atoms with van der Waals surface area (Å²) in [5.41, 5.74) is 3.15. The van der Waals surface area contributed by atoms with Gasteiger partial charge in [0.25, 0.3) is 5.91 Å². The van der Waals surface area contributed by atoms with Gasteiger partial charge in [-0.1, -0.05) is 30.3 Å².